The van der Waals surface area contributed by atoms with E-state index in [1.54, 1.807) is 18.6 Å². The normalized spacial score (nSPS) is 10.6. The Morgan fingerprint density at radius 2 is 1.72 bits per heavy atom. The molecule has 0 unspecified atom stereocenters. The van der Waals surface area contributed by atoms with Crippen LogP contribution in [0.3, 0.4) is 0 Å². The molecule has 5 nitrogen and oxygen atoms in total. The first kappa shape index (κ1) is 15.1. The van der Waals surface area contributed by atoms with Crippen molar-refractivity contribution in [3.63, 3.8) is 0 Å². The summed E-state index contributed by atoms with van der Waals surface area (Å²) in [6.45, 7) is 0. The third-order valence-corrected chi connectivity index (χ3v) is 3.92. The van der Waals surface area contributed by atoms with Crippen LogP contribution in [0.1, 0.15) is 0 Å². The van der Waals surface area contributed by atoms with Gasteiger partial charge in [0.2, 0.25) is 0 Å². The molecule has 2 aromatic heterocycles. The first-order valence-corrected chi connectivity index (χ1v) is 7.93. The van der Waals surface area contributed by atoms with Crippen LogP contribution in [0.25, 0.3) is 10.9 Å². The van der Waals surface area contributed by atoms with Crippen molar-refractivity contribution in [3.05, 3.63) is 79.3 Å². The second-order valence-corrected chi connectivity index (χ2v) is 5.58. The van der Waals surface area contributed by atoms with Crippen molar-refractivity contribution in [1.82, 2.24) is 15.0 Å². The number of anilines is 2. The number of ether oxygens (including phenoxy) is 1. The highest BCUT2D eigenvalue weighted by Crippen LogP contribution is 2.28. The summed E-state index contributed by atoms with van der Waals surface area (Å²) in [7, 11) is 2.02. The molecule has 0 bridgehead atoms. The largest absolute Gasteiger partial charge is 0.424 e. The maximum Gasteiger partial charge on any atom is 0.322 e. The molecule has 2 aromatic carbocycles. The van der Waals surface area contributed by atoms with Crippen molar-refractivity contribution >= 4 is 22.3 Å². The summed E-state index contributed by atoms with van der Waals surface area (Å²) in [6, 6.07) is 20.2. The maximum absolute atomic E-state index is 5.84. The molecule has 0 spiro atoms. The van der Waals surface area contributed by atoms with Gasteiger partial charge in [0.25, 0.3) is 0 Å². The predicted octanol–water partition coefficient (Wildman–Crippen LogP) is 4.59. The number of para-hydroxylation sites is 1. The molecule has 2 heterocycles. The van der Waals surface area contributed by atoms with Gasteiger partial charge in [0.1, 0.15) is 5.75 Å². The van der Waals surface area contributed by atoms with Crippen molar-refractivity contribution in [1.29, 1.82) is 0 Å². The van der Waals surface area contributed by atoms with Crippen LogP contribution < -0.4 is 9.64 Å². The SMILES string of the molecule is CN(c1ccccc1)c1cccc(Oc2ncc3ccncc3n2)c1. The molecule has 0 atom stereocenters. The van der Waals surface area contributed by atoms with Crippen LogP contribution >= 0.6 is 0 Å². The van der Waals surface area contributed by atoms with Crippen molar-refractivity contribution in [3.8, 4) is 11.8 Å². The van der Waals surface area contributed by atoms with Crippen LogP contribution in [-0.2, 0) is 0 Å². The van der Waals surface area contributed by atoms with Gasteiger partial charge < -0.3 is 9.64 Å². The molecule has 0 aliphatic heterocycles. The molecular weight excluding hydrogens is 312 g/mol. The second-order valence-electron chi connectivity index (χ2n) is 5.58. The first-order valence-electron chi connectivity index (χ1n) is 7.93. The fourth-order valence-corrected chi connectivity index (χ4v) is 2.57. The average Bonchev–Trinajstić information content (AvgIpc) is 2.68. The molecule has 4 rings (SSSR count). The van der Waals surface area contributed by atoms with Crippen LogP contribution in [0.5, 0.6) is 11.8 Å². The monoisotopic (exact) mass is 328 g/mol. The van der Waals surface area contributed by atoms with Gasteiger partial charge in [0, 0.05) is 42.3 Å². The standard InChI is InChI=1S/C20H16N4O/c1-24(16-6-3-2-4-7-16)17-8-5-9-18(12-17)25-20-22-13-15-10-11-21-14-19(15)23-20/h2-14H,1H3. The van der Waals surface area contributed by atoms with Gasteiger partial charge in [-0.05, 0) is 30.3 Å². The molecule has 0 N–H and O–H groups in total. The Labute approximate surface area is 145 Å². The van der Waals surface area contributed by atoms with Gasteiger partial charge in [-0.2, -0.15) is 4.98 Å². The highest BCUT2D eigenvalue weighted by molar-refractivity contribution is 5.76. The Bertz CT molecular complexity index is 1000. The molecule has 0 saturated carbocycles. The van der Waals surface area contributed by atoms with E-state index in [1.807, 2.05) is 55.6 Å². The van der Waals surface area contributed by atoms with Gasteiger partial charge in [0.15, 0.2) is 0 Å². The van der Waals surface area contributed by atoms with Crippen LogP contribution in [-0.4, -0.2) is 22.0 Å². The van der Waals surface area contributed by atoms with E-state index in [9.17, 15) is 0 Å². The van der Waals surface area contributed by atoms with E-state index in [4.69, 9.17) is 4.74 Å². The molecule has 122 valence electrons. The number of benzene rings is 2. The van der Waals surface area contributed by atoms with E-state index >= 15 is 0 Å². The highest BCUT2D eigenvalue weighted by atomic mass is 16.5. The third kappa shape index (κ3) is 3.26. The highest BCUT2D eigenvalue weighted by Gasteiger charge is 2.07. The minimum atomic E-state index is 0.306. The van der Waals surface area contributed by atoms with Crippen LogP contribution in [0, 0.1) is 0 Å². The van der Waals surface area contributed by atoms with E-state index in [2.05, 4.69) is 32.0 Å². The first-order chi connectivity index (χ1) is 12.3. The molecule has 0 fully saturated rings. The number of aromatic nitrogens is 3. The van der Waals surface area contributed by atoms with E-state index in [-0.39, 0.29) is 0 Å². The Morgan fingerprint density at radius 1 is 0.880 bits per heavy atom. The minimum absolute atomic E-state index is 0.306. The Morgan fingerprint density at radius 3 is 2.60 bits per heavy atom. The molecule has 0 radical (unpaired) electrons. The van der Waals surface area contributed by atoms with Crippen molar-refractivity contribution < 1.29 is 4.74 Å². The lowest BCUT2D eigenvalue weighted by molar-refractivity contribution is 0.444. The minimum Gasteiger partial charge on any atom is -0.424 e. The zero-order chi connectivity index (χ0) is 17.1. The average molecular weight is 328 g/mol. The van der Waals surface area contributed by atoms with Crippen LogP contribution in [0.15, 0.2) is 79.3 Å². The number of hydrogen-bond donors (Lipinski definition) is 0. The maximum atomic E-state index is 5.84. The molecular formula is C20H16N4O. The second kappa shape index (κ2) is 6.57. The van der Waals surface area contributed by atoms with Crippen LogP contribution in [0.4, 0.5) is 11.4 Å². The summed E-state index contributed by atoms with van der Waals surface area (Å²) in [5.41, 5.74) is 2.88. The summed E-state index contributed by atoms with van der Waals surface area (Å²) in [6.07, 6.45) is 5.15. The van der Waals surface area contributed by atoms with Gasteiger partial charge in [0.05, 0.1) is 11.7 Å². The summed E-state index contributed by atoms with van der Waals surface area (Å²) < 4.78 is 5.84. The summed E-state index contributed by atoms with van der Waals surface area (Å²) in [5, 5.41) is 0.930. The number of pyridine rings is 1. The number of nitrogens with zero attached hydrogens (tertiary/aromatic N) is 4. The summed E-state index contributed by atoms with van der Waals surface area (Å²) in [5.74, 6) is 0.684. The third-order valence-electron chi connectivity index (χ3n) is 3.92. The van der Waals surface area contributed by atoms with Gasteiger partial charge in [-0.15, -0.1) is 0 Å². The molecule has 0 aliphatic rings. The van der Waals surface area contributed by atoms with E-state index < -0.39 is 0 Å². The molecule has 0 saturated heterocycles. The summed E-state index contributed by atoms with van der Waals surface area (Å²) in [4.78, 5) is 14.8. The molecule has 25 heavy (non-hydrogen) atoms. The van der Waals surface area contributed by atoms with Crippen molar-refractivity contribution in [2.75, 3.05) is 11.9 Å². The van der Waals surface area contributed by atoms with Crippen molar-refractivity contribution in [2.24, 2.45) is 0 Å². The van der Waals surface area contributed by atoms with Crippen molar-refractivity contribution in [2.45, 2.75) is 0 Å². The number of fused-ring (bicyclic) bond motifs is 1. The van der Waals surface area contributed by atoms with Gasteiger partial charge >= 0.3 is 6.01 Å². The molecule has 4 aromatic rings. The fourth-order valence-electron chi connectivity index (χ4n) is 2.57. The van der Waals surface area contributed by atoms with Crippen LogP contribution in [0.2, 0.25) is 0 Å². The van der Waals surface area contributed by atoms with E-state index in [1.165, 1.54) is 0 Å². The lowest BCUT2D eigenvalue weighted by Gasteiger charge is -2.20. The Kier molecular flexibility index (Phi) is 3.96. The molecule has 0 aliphatic carbocycles. The predicted molar refractivity (Wildman–Crippen MR) is 98.4 cm³/mol. The van der Waals surface area contributed by atoms with E-state index in [0.717, 1.165) is 22.3 Å². The molecule has 5 heteroatoms. The number of rotatable bonds is 4. The lowest BCUT2D eigenvalue weighted by Crippen LogP contribution is -2.09. The Hall–Kier alpha value is -3.47. The smallest absolute Gasteiger partial charge is 0.322 e. The van der Waals surface area contributed by atoms with Gasteiger partial charge in [-0.25, -0.2) is 4.98 Å². The zero-order valence-electron chi connectivity index (χ0n) is 13.7. The number of hydrogen-bond acceptors (Lipinski definition) is 5. The Balaban J connectivity index is 1.60. The lowest BCUT2D eigenvalue weighted by atomic mass is 10.2. The molecule has 0 amide bonds. The summed E-state index contributed by atoms with van der Waals surface area (Å²) >= 11 is 0. The van der Waals surface area contributed by atoms with Gasteiger partial charge in [-0.1, -0.05) is 24.3 Å². The quantitative estimate of drug-likeness (QED) is 0.548. The fraction of sp³-hybridized carbons (Fsp3) is 0.0500. The van der Waals surface area contributed by atoms with E-state index in [0.29, 0.717) is 11.8 Å². The topological polar surface area (TPSA) is 51.1 Å². The van der Waals surface area contributed by atoms with Gasteiger partial charge in [-0.3, -0.25) is 4.98 Å². The zero-order valence-corrected chi connectivity index (χ0v) is 13.7.